The van der Waals surface area contributed by atoms with Gasteiger partial charge in [0, 0.05) is 0 Å². The number of fused-ring (bicyclic) bond motifs is 3. The first kappa shape index (κ1) is 13.9. The number of hydrogen-bond acceptors (Lipinski definition) is 3. The number of amides is 1. The molecule has 1 saturated carbocycles. The maximum Gasteiger partial charge on any atom is 0.411 e. The van der Waals surface area contributed by atoms with E-state index >= 15 is 0 Å². The number of hydrogen-bond donors (Lipinski definition) is 1. The van der Waals surface area contributed by atoms with Crippen LogP contribution in [0.15, 0.2) is 12.2 Å². The Labute approximate surface area is 113 Å². The molecular weight excluding hydrogens is 246 g/mol. The number of rotatable bonds is 1. The van der Waals surface area contributed by atoms with Gasteiger partial charge in [0.2, 0.25) is 0 Å². The monoisotopic (exact) mass is 267 g/mol. The highest BCUT2D eigenvalue weighted by Gasteiger charge is 2.50. The molecule has 0 aromatic rings. The second-order valence-electron chi connectivity index (χ2n) is 6.39. The summed E-state index contributed by atoms with van der Waals surface area (Å²) in [5, 5.41) is 9.39. The summed E-state index contributed by atoms with van der Waals surface area (Å²) in [6.45, 7) is 9.30. The Morgan fingerprint density at radius 1 is 1.37 bits per heavy atom. The highest BCUT2D eigenvalue weighted by Crippen LogP contribution is 2.42. The summed E-state index contributed by atoms with van der Waals surface area (Å²) in [4.78, 5) is 25.1. The summed E-state index contributed by atoms with van der Waals surface area (Å²) in [5.74, 6) is -0.990. The van der Waals surface area contributed by atoms with Crippen LogP contribution < -0.4 is 0 Å². The van der Waals surface area contributed by atoms with Crippen LogP contribution in [-0.2, 0) is 9.53 Å². The summed E-state index contributed by atoms with van der Waals surface area (Å²) in [6.07, 6.45) is 1.77. The van der Waals surface area contributed by atoms with Gasteiger partial charge in [-0.3, -0.25) is 4.90 Å². The second kappa shape index (κ2) is 4.54. The Kier molecular flexibility index (Phi) is 3.32. The lowest BCUT2D eigenvalue weighted by molar-refractivity contribution is -0.149. The van der Waals surface area contributed by atoms with Crippen LogP contribution in [0.5, 0.6) is 0 Å². The van der Waals surface area contributed by atoms with Gasteiger partial charge in [0.15, 0.2) is 0 Å². The van der Waals surface area contributed by atoms with E-state index in [9.17, 15) is 14.7 Å². The first-order chi connectivity index (χ1) is 8.70. The lowest BCUT2D eigenvalue weighted by Crippen LogP contribution is -2.61. The van der Waals surface area contributed by atoms with Crippen molar-refractivity contribution in [1.82, 2.24) is 4.90 Å². The van der Waals surface area contributed by atoms with Crippen LogP contribution in [-0.4, -0.2) is 39.8 Å². The van der Waals surface area contributed by atoms with Crippen LogP contribution in [0.2, 0.25) is 0 Å². The maximum atomic E-state index is 12.3. The summed E-state index contributed by atoms with van der Waals surface area (Å²) in [5.41, 5.74) is 0.317. The van der Waals surface area contributed by atoms with Crippen LogP contribution in [0.1, 0.15) is 40.0 Å². The van der Waals surface area contributed by atoms with Crippen molar-refractivity contribution in [3.63, 3.8) is 0 Å². The number of piperidine rings is 2. The molecule has 1 N–H and O–H groups in total. The minimum Gasteiger partial charge on any atom is -0.480 e. The number of nitrogens with zero attached hydrogens (tertiary/aromatic N) is 1. The molecule has 2 heterocycles. The largest absolute Gasteiger partial charge is 0.480 e. The van der Waals surface area contributed by atoms with E-state index in [2.05, 4.69) is 6.58 Å². The topological polar surface area (TPSA) is 66.8 Å². The highest BCUT2D eigenvalue weighted by molar-refractivity contribution is 5.82. The quantitative estimate of drug-likeness (QED) is 0.741. The SMILES string of the molecule is C=C1C[C@H]2CCC1N(C(=O)OC(C)(C)C)[C@@H]2C(=O)O. The van der Waals surface area contributed by atoms with Gasteiger partial charge >= 0.3 is 12.1 Å². The summed E-state index contributed by atoms with van der Waals surface area (Å²) in [6, 6.07) is -0.972. The van der Waals surface area contributed by atoms with Crippen molar-refractivity contribution >= 4 is 12.1 Å². The van der Waals surface area contributed by atoms with E-state index in [1.54, 1.807) is 20.8 Å². The van der Waals surface area contributed by atoms with Gasteiger partial charge in [-0.15, -0.1) is 0 Å². The molecule has 106 valence electrons. The number of aliphatic carboxylic acids is 1. The molecular formula is C14H21NO4. The molecule has 5 heteroatoms. The molecule has 0 aromatic heterocycles. The molecule has 1 aliphatic carbocycles. The highest BCUT2D eigenvalue weighted by atomic mass is 16.6. The van der Waals surface area contributed by atoms with Crippen molar-refractivity contribution in [2.45, 2.75) is 57.7 Å². The van der Waals surface area contributed by atoms with Crippen molar-refractivity contribution in [2.75, 3.05) is 0 Å². The Balaban J connectivity index is 2.26. The normalized spacial score (nSPS) is 30.4. The lowest BCUT2D eigenvalue weighted by atomic mass is 9.72. The zero-order valence-corrected chi connectivity index (χ0v) is 11.7. The summed E-state index contributed by atoms with van der Waals surface area (Å²) < 4.78 is 5.34. The molecule has 3 fully saturated rings. The Morgan fingerprint density at radius 3 is 2.47 bits per heavy atom. The molecule has 5 nitrogen and oxygen atoms in total. The van der Waals surface area contributed by atoms with Crippen molar-refractivity contribution in [3.8, 4) is 0 Å². The van der Waals surface area contributed by atoms with E-state index in [1.165, 1.54) is 4.90 Å². The van der Waals surface area contributed by atoms with Crippen LogP contribution in [0.3, 0.4) is 0 Å². The van der Waals surface area contributed by atoms with E-state index in [4.69, 9.17) is 4.74 Å². The standard InChI is InChI=1S/C14H21NO4/c1-8-7-9-5-6-10(8)15(11(9)12(16)17)13(18)19-14(2,3)4/h9-11H,1,5-7H2,2-4H3,(H,16,17)/t9-,10?,11+/m1/s1. The first-order valence-corrected chi connectivity index (χ1v) is 6.62. The zero-order valence-electron chi connectivity index (χ0n) is 11.7. The fourth-order valence-electron chi connectivity index (χ4n) is 3.05. The minimum atomic E-state index is -0.951. The fourth-order valence-corrected chi connectivity index (χ4v) is 3.05. The molecule has 2 aliphatic heterocycles. The van der Waals surface area contributed by atoms with Crippen molar-refractivity contribution in [3.05, 3.63) is 12.2 Å². The van der Waals surface area contributed by atoms with Gasteiger partial charge in [-0.2, -0.15) is 0 Å². The average Bonchev–Trinajstić information content (AvgIpc) is 2.25. The van der Waals surface area contributed by atoms with Gasteiger partial charge in [-0.1, -0.05) is 12.2 Å². The number of ether oxygens (including phenoxy) is 1. The van der Waals surface area contributed by atoms with Gasteiger partial charge in [-0.25, -0.2) is 9.59 Å². The number of carboxylic acids is 1. The van der Waals surface area contributed by atoms with Crippen LogP contribution in [0.25, 0.3) is 0 Å². The smallest absolute Gasteiger partial charge is 0.411 e. The molecule has 0 radical (unpaired) electrons. The average molecular weight is 267 g/mol. The number of carbonyl (C=O) groups is 2. The van der Waals surface area contributed by atoms with E-state index in [0.717, 1.165) is 18.4 Å². The van der Waals surface area contributed by atoms with E-state index in [0.29, 0.717) is 6.42 Å². The van der Waals surface area contributed by atoms with Gasteiger partial charge in [0.1, 0.15) is 11.6 Å². The maximum absolute atomic E-state index is 12.3. The molecule has 3 rings (SSSR count). The molecule has 2 bridgehead atoms. The van der Waals surface area contributed by atoms with E-state index in [-0.39, 0.29) is 12.0 Å². The number of carbonyl (C=O) groups excluding carboxylic acids is 1. The third-order valence-electron chi connectivity index (χ3n) is 3.75. The number of carboxylic acid groups (broad SMARTS) is 1. The lowest BCUT2D eigenvalue weighted by Gasteiger charge is -2.50. The van der Waals surface area contributed by atoms with E-state index in [1.807, 2.05) is 0 Å². The molecule has 3 aliphatic rings. The Morgan fingerprint density at radius 2 is 2.00 bits per heavy atom. The predicted molar refractivity (Wildman–Crippen MR) is 69.8 cm³/mol. The Bertz CT molecular complexity index is 424. The van der Waals surface area contributed by atoms with Gasteiger partial charge < -0.3 is 9.84 Å². The summed E-state index contributed by atoms with van der Waals surface area (Å²) in [7, 11) is 0. The van der Waals surface area contributed by atoms with Crippen LogP contribution >= 0.6 is 0 Å². The molecule has 3 atom stereocenters. The van der Waals surface area contributed by atoms with Crippen molar-refractivity contribution < 1.29 is 19.4 Å². The third-order valence-corrected chi connectivity index (χ3v) is 3.75. The summed E-state index contributed by atoms with van der Waals surface area (Å²) >= 11 is 0. The predicted octanol–water partition coefficient (Wildman–Crippen LogP) is 2.42. The Hall–Kier alpha value is -1.52. The molecule has 2 saturated heterocycles. The second-order valence-corrected chi connectivity index (χ2v) is 6.39. The van der Waals surface area contributed by atoms with E-state index < -0.39 is 23.7 Å². The van der Waals surface area contributed by atoms with Crippen molar-refractivity contribution in [1.29, 1.82) is 0 Å². The van der Waals surface area contributed by atoms with Gasteiger partial charge in [0.25, 0.3) is 0 Å². The van der Waals surface area contributed by atoms with Gasteiger partial charge in [-0.05, 0) is 46.0 Å². The van der Waals surface area contributed by atoms with Crippen LogP contribution in [0, 0.1) is 5.92 Å². The first-order valence-electron chi connectivity index (χ1n) is 6.62. The zero-order chi connectivity index (χ0) is 14.4. The fraction of sp³-hybridized carbons (Fsp3) is 0.714. The molecule has 19 heavy (non-hydrogen) atoms. The molecule has 1 unspecified atom stereocenters. The van der Waals surface area contributed by atoms with Crippen molar-refractivity contribution in [2.24, 2.45) is 5.92 Å². The van der Waals surface area contributed by atoms with Crippen LogP contribution in [0.4, 0.5) is 4.79 Å². The molecule has 1 amide bonds. The third kappa shape index (κ3) is 2.60. The minimum absolute atomic E-state index is 0.0393. The molecule has 0 aromatic carbocycles. The molecule has 0 spiro atoms. The van der Waals surface area contributed by atoms with Gasteiger partial charge in [0.05, 0.1) is 6.04 Å².